The topological polar surface area (TPSA) is 186 Å². The molecule has 8 bridgehead atoms. The second-order valence-corrected chi connectivity index (χ2v) is 11.4. The summed E-state index contributed by atoms with van der Waals surface area (Å²) in [5, 5.41) is 46.1. The zero-order valence-electron chi connectivity index (χ0n) is 25.6. The van der Waals surface area contributed by atoms with Crippen molar-refractivity contribution in [3.05, 3.63) is 115 Å². The SMILES string of the molecule is O=COCc1cc2c(O)c(c1)Cc1cc(COC=O)cc(c1O)Cc1cc(COC=O)cc(c1O)Cc1cc(COC=O)cc(c1O)C2. The van der Waals surface area contributed by atoms with E-state index in [4.69, 9.17) is 18.9 Å². The largest absolute Gasteiger partial charge is 0.507 e. The Hall–Kier alpha value is -6.04. The number of aromatic hydroxyl groups is 4. The first-order valence-corrected chi connectivity index (χ1v) is 14.8. The number of benzene rings is 4. The molecule has 4 aromatic rings. The Kier molecular flexibility index (Phi) is 10.4. The van der Waals surface area contributed by atoms with Gasteiger partial charge in [-0.05, 0) is 115 Å². The van der Waals surface area contributed by atoms with Gasteiger partial charge in [0.25, 0.3) is 25.9 Å². The lowest BCUT2D eigenvalue weighted by Gasteiger charge is -2.20. The van der Waals surface area contributed by atoms with E-state index >= 15 is 0 Å². The second-order valence-electron chi connectivity index (χ2n) is 11.4. The first kappa shape index (κ1) is 33.3. The van der Waals surface area contributed by atoms with Gasteiger partial charge in [0, 0.05) is 25.7 Å². The van der Waals surface area contributed by atoms with Gasteiger partial charge in [-0.3, -0.25) is 19.2 Å². The zero-order chi connectivity index (χ0) is 34.2. The molecular formula is C36H32O12. The fourth-order valence-corrected chi connectivity index (χ4v) is 6.08. The highest BCUT2D eigenvalue weighted by Gasteiger charge is 2.22. The van der Waals surface area contributed by atoms with Gasteiger partial charge < -0.3 is 39.4 Å². The molecule has 0 aliphatic heterocycles. The summed E-state index contributed by atoms with van der Waals surface area (Å²) in [4.78, 5) is 44.1. The van der Waals surface area contributed by atoms with Gasteiger partial charge in [0.1, 0.15) is 49.4 Å². The number of fused-ring (bicyclic) bond motifs is 8. The standard InChI is InChI=1S/C36H32O12/c37-17-45-13-21-1-25-9-27-3-22(14-46-18-38)4-29(34(27)42)11-30-7-24(16-48-20-40)8-32(36(30)44)12-31-6-23(15-47-19-39)5-28(35(31)43)10-26(2-21)33(25)41/h1-8,17-20,41-44H,9-16H2. The molecular weight excluding hydrogens is 624 g/mol. The molecule has 0 saturated heterocycles. The molecule has 248 valence electrons. The lowest BCUT2D eigenvalue weighted by molar-refractivity contribution is -0.130. The second kappa shape index (κ2) is 15.0. The molecule has 5 rings (SSSR count). The average Bonchev–Trinajstić information content (AvgIpc) is 3.07. The van der Waals surface area contributed by atoms with Crippen molar-refractivity contribution in [1.29, 1.82) is 0 Å². The predicted octanol–water partition coefficient (Wildman–Crippen LogP) is 3.88. The minimum Gasteiger partial charge on any atom is -0.507 e. The number of ether oxygens (including phenoxy) is 4. The molecule has 12 heteroatoms. The molecule has 4 aromatic carbocycles. The Balaban J connectivity index is 1.78. The van der Waals surface area contributed by atoms with Crippen LogP contribution in [0, 0.1) is 0 Å². The lowest BCUT2D eigenvalue weighted by atomic mass is 9.88. The van der Waals surface area contributed by atoms with Crippen LogP contribution in [0.5, 0.6) is 23.0 Å². The zero-order valence-corrected chi connectivity index (χ0v) is 25.6. The molecule has 48 heavy (non-hydrogen) atoms. The van der Waals surface area contributed by atoms with Crippen LogP contribution < -0.4 is 0 Å². The molecule has 0 aromatic heterocycles. The number of rotatable bonds is 12. The number of carbonyl (C=O) groups is 4. The lowest BCUT2D eigenvalue weighted by Crippen LogP contribution is -2.05. The van der Waals surface area contributed by atoms with Gasteiger partial charge in [0.2, 0.25) is 0 Å². The van der Waals surface area contributed by atoms with E-state index in [1.165, 1.54) is 0 Å². The van der Waals surface area contributed by atoms with Crippen molar-refractivity contribution in [3.63, 3.8) is 0 Å². The van der Waals surface area contributed by atoms with Gasteiger partial charge in [-0.25, -0.2) is 0 Å². The third kappa shape index (κ3) is 7.49. The van der Waals surface area contributed by atoms with Crippen molar-refractivity contribution >= 4 is 25.9 Å². The van der Waals surface area contributed by atoms with Crippen molar-refractivity contribution in [3.8, 4) is 23.0 Å². The van der Waals surface area contributed by atoms with Gasteiger partial charge >= 0.3 is 0 Å². The molecule has 4 N–H and O–H groups in total. The molecule has 12 nitrogen and oxygen atoms in total. The molecule has 0 atom stereocenters. The van der Waals surface area contributed by atoms with Crippen LogP contribution in [-0.4, -0.2) is 46.3 Å². The Morgan fingerprint density at radius 1 is 0.375 bits per heavy atom. The van der Waals surface area contributed by atoms with Crippen LogP contribution in [0.4, 0.5) is 0 Å². The molecule has 0 amide bonds. The maximum absolute atomic E-state index is 11.5. The van der Waals surface area contributed by atoms with Gasteiger partial charge in [-0.1, -0.05) is 0 Å². The van der Waals surface area contributed by atoms with Crippen LogP contribution in [0.3, 0.4) is 0 Å². The van der Waals surface area contributed by atoms with E-state index in [0.29, 0.717) is 92.7 Å². The summed E-state index contributed by atoms with van der Waals surface area (Å²) < 4.78 is 20.0. The minimum absolute atomic E-state index is 0.00355. The Labute approximate surface area is 274 Å². The van der Waals surface area contributed by atoms with E-state index in [1.807, 2.05) is 0 Å². The summed E-state index contributed by atoms with van der Waals surface area (Å²) in [6.07, 6.45) is -0.0142. The maximum atomic E-state index is 11.5. The molecule has 0 heterocycles. The van der Waals surface area contributed by atoms with E-state index in [1.54, 1.807) is 48.5 Å². The highest BCUT2D eigenvalue weighted by atomic mass is 16.5. The number of carbonyl (C=O) groups excluding carboxylic acids is 4. The minimum atomic E-state index is -0.120. The van der Waals surface area contributed by atoms with Crippen molar-refractivity contribution in [1.82, 2.24) is 0 Å². The van der Waals surface area contributed by atoms with Gasteiger partial charge in [-0.2, -0.15) is 0 Å². The van der Waals surface area contributed by atoms with E-state index in [9.17, 15) is 39.6 Å². The monoisotopic (exact) mass is 656 g/mol. The summed E-state index contributed by atoms with van der Waals surface area (Å²) in [7, 11) is 0. The van der Waals surface area contributed by atoms with Gasteiger partial charge in [0.05, 0.1) is 0 Å². The highest BCUT2D eigenvalue weighted by molar-refractivity contribution is 5.58. The molecule has 1 aliphatic rings. The van der Waals surface area contributed by atoms with Gasteiger partial charge in [-0.15, -0.1) is 0 Å². The summed E-state index contributed by atoms with van der Waals surface area (Å²) in [5.41, 5.74) is 5.13. The van der Waals surface area contributed by atoms with Crippen molar-refractivity contribution in [2.75, 3.05) is 0 Å². The normalized spacial score (nSPS) is 12.0. The molecule has 0 unspecified atom stereocenters. The van der Waals surface area contributed by atoms with Crippen LogP contribution in [0.1, 0.15) is 66.8 Å². The maximum Gasteiger partial charge on any atom is 0.293 e. The fraction of sp³-hybridized carbons (Fsp3) is 0.222. The van der Waals surface area contributed by atoms with Crippen molar-refractivity contribution in [2.24, 2.45) is 0 Å². The highest BCUT2D eigenvalue weighted by Crippen LogP contribution is 2.39. The first-order chi connectivity index (χ1) is 23.2. The average molecular weight is 657 g/mol. The Morgan fingerprint density at radius 2 is 0.542 bits per heavy atom. The van der Waals surface area contributed by atoms with E-state index < -0.39 is 0 Å². The molecule has 0 spiro atoms. The summed E-state index contributed by atoms with van der Waals surface area (Å²) in [5.74, 6) is -0.479. The molecule has 0 saturated carbocycles. The quantitative estimate of drug-likeness (QED) is 0.112. The third-order valence-corrected chi connectivity index (χ3v) is 8.11. The van der Waals surface area contributed by atoms with E-state index in [2.05, 4.69) is 0 Å². The van der Waals surface area contributed by atoms with Crippen LogP contribution in [0.15, 0.2) is 48.5 Å². The van der Waals surface area contributed by atoms with Crippen molar-refractivity contribution in [2.45, 2.75) is 52.1 Å². The van der Waals surface area contributed by atoms with Crippen LogP contribution in [-0.2, 0) is 90.2 Å². The number of phenolic OH excluding ortho intramolecular Hbond substituents is 4. The van der Waals surface area contributed by atoms with Crippen LogP contribution >= 0.6 is 0 Å². The fourth-order valence-electron chi connectivity index (χ4n) is 6.08. The van der Waals surface area contributed by atoms with E-state index in [-0.39, 0.29) is 75.1 Å². The molecule has 1 aliphatic carbocycles. The van der Waals surface area contributed by atoms with E-state index in [0.717, 1.165) is 0 Å². The third-order valence-electron chi connectivity index (χ3n) is 8.11. The Morgan fingerprint density at radius 3 is 0.688 bits per heavy atom. The number of phenols is 4. The summed E-state index contributed by atoms with van der Waals surface area (Å²) >= 11 is 0. The number of hydrogen-bond donors (Lipinski definition) is 4. The predicted molar refractivity (Wildman–Crippen MR) is 167 cm³/mol. The summed E-state index contributed by atoms with van der Waals surface area (Å²) in [6.45, 7) is 0.767. The van der Waals surface area contributed by atoms with Crippen LogP contribution in [0.25, 0.3) is 0 Å². The smallest absolute Gasteiger partial charge is 0.293 e. The van der Waals surface area contributed by atoms with Crippen LogP contribution in [0.2, 0.25) is 0 Å². The van der Waals surface area contributed by atoms with Crippen molar-refractivity contribution < 1.29 is 58.6 Å². The first-order valence-electron chi connectivity index (χ1n) is 14.8. The molecule has 0 radical (unpaired) electrons. The molecule has 0 fully saturated rings. The summed E-state index contributed by atoms with van der Waals surface area (Å²) in [6, 6.07) is 13.1. The number of hydrogen-bond acceptors (Lipinski definition) is 12. The van der Waals surface area contributed by atoms with Gasteiger partial charge in [0.15, 0.2) is 0 Å². The Bertz CT molecular complexity index is 1500.